The SMILES string of the molecule is CNCc1nc(C(=O)NCCN2CCOCC2)co1. The summed E-state index contributed by atoms with van der Waals surface area (Å²) in [6.45, 7) is 5.33. The Kier molecular flexibility index (Phi) is 5.31. The molecule has 0 atom stereocenters. The number of hydrogen-bond donors (Lipinski definition) is 2. The van der Waals surface area contributed by atoms with Gasteiger partial charge in [0.2, 0.25) is 5.89 Å². The Morgan fingerprint density at radius 3 is 3.00 bits per heavy atom. The molecule has 1 fully saturated rings. The maximum atomic E-state index is 11.8. The van der Waals surface area contributed by atoms with Gasteiger partial charge < -0.3 is 19.8 Å². The third kappa shape index (κ3) is 4.30. The molecule has 1 aliphatic rings. The molecule has 0 spiro atoms. The minimum atomic E-state index is -0.195. The Morgan fingerprint density at radius 1 is 1.47 bits per heavy atom. The van der Waals surface area contributed by atoms with E-state index in [0.29, 0.717) is 24.7 Å². The van der Waals surface area contributed by atoms with E-state index < -0.39 is 0 Å². The van der Waals surface area contributed by atoms with E-state index in [9.17, 15) is 4.79 Å². The van der Waals surface area contributed by atoms with Gasteiger partial charge in [-0.1, -0.05) is 0 Å². The zero-order chi connectivity index (χ0) is 13.5. The fourth-order valence-electron chi connectivity index (χ4n) is 1.89. The van der Waals surface area contributed by atoms with Crippen molar-refractivity contribution in [1.29, 1.82) is 0 Å². The van der Waals surface area contributed by atoms with Crippen molar-refractivity contribution in [2.24, 2.45) is 0 Å². The van der Waals surface area contributed by atoms with E-state index in [1.54, 1.807) is 7.05 Å². The number of amides is 1. The molecule has 0 radical (unpaired) electrons. The highest BCUT2D eigenvalue weighted by atomic mass is 16.5. The summed E-state index contributed by atoms with van der Waals surface area (Å²) in [6, 6.07) is 0. The first-order chi connectivity index (χ1) is 9.29. The molecule has 2 heterocycles. The summed E-state index contributed by atoms with van der Waals surface area (Å²) in [4.78, 5) is 18.2. The number of morpholine rings is 1. The molecule has 1 amide bonds. The largest absolute Gasteiger partial charge is 0.447 e. The van der Waals surface area contributed by atoms with Crippen LogP contribution in [0.2, 0.25) is 0 Å². The molecule has 2 N–H and O–H groups in total. The van der Waals surface area contributed by atoms with Crippen LogP contribution in [-0.2, 0) is 11.3 Å². The highest BCUT2D eigenvalue weighted by Gasteiger charge is 2.13. The van der Waals surface area contributed by atoms with Gasteiger partial charge in [0.15, 0.2) is 5.69 Å². The molecule has 7 nitrogen and oxygen atoms in total. The van der Waals surface area contributed by atoms with Gasteiger partial charge in [0, 0.05) is 26.2 Å². The summed E-state index contributed by atoms with van der Waals surface area (Å²) in [5.41, 5.74) is 0.326. The smallest absolute Gasteiger partial charge is 0.273 e. The maximum absolute atomic E-state index is 11.8. The zero-order valence-corrected chi connectivity index (χ0v) is 11.1. The Hall–Kier alpha value is -1.44. The van der Waals surface area contributed by atoms with Crippen LogP contribution in [0.1, 0.15) is 16.4 Å². The summed E-state index contributed by atoms with van der Waals surface area (Å²) in [5, 5.41) is 5.75. The van der Waals surface area contributed by atoms with E-state index >= 15 is 0 Å². The topological polar surface area (TPSA) is 79.6 Å². The van der Waals surface area contributed by atoms with Gasteiger partial charge in [0.05, 0.1) is 19.8 Å². The third-order valence-corrected chi connectivity index (χ3v) is 2.93. The van der Waals surface area contributed by atoms with Crippen molar-refractivity contribution in [1.82, 2.24) is 20.5 Å². The Bertz CT molecular complexity index is 401. The number of aromatic nitrogens is 1. The van der Waals surface area contributed by atoms with E-state index in [0.717, 1.165) is 32.8 Å². The third-order valence-electron chi connectivity index (χ3n) is 2.93. The van der Waals surface area contributed by atoms with Crippen LogP contribution in [0.5, 0.6) is 0 Å². The molecule has 1 aromatic rings. The fourth-order valence-corrected chi connectivity index (χ4v) is 1.89. The minimum absolute atomic E-state index is 0.195. The van der Waals surface area contributed by atoms with Gasteiger partial charge in [-0.15, -0.1) is 0 Å². The molecule has 0 aromatic carbocycles. The minimum Gasteiger partial charge on any atom is -0.447 e. The second-order valence-corrected chi connectivity index (χ2v) is 4.37. The molecule has 1 aliphatic heterocycles. The predicted octanol–water partition coefficient (Wildman–Crippen LogP) is -0.544. The van der Waals surface area contributed by atoms with E-state index in [2.05, 4.69) is 20.5 Å². The van der Waals surface area contributed by atoms with Crippen molar-refractivity contribution in [3.8, 4) is 0 Å². The second kappa shape index (κ2) is 7.22. The molecule has 19 heavy (non-hydrogen) atoms. The van der Waals surface area contributed by atoms with Gasteiger partial charge >= 0.3 is 0 Å². The first-order valence-electron chi connectivity index (χ1n) is 6.47. The number of carbonyl (C=O) groups is 1. The zero-order valence-electron chi connectivity index (χ0n) is 11.1. The van der Waals surface area contributed by atoms with E-state index in [1.807, 2.05) is 0 Å². The number of carbonyl (C=O) groups excluding carboxylic acids is 1. The summed E-state index contributed by atoms with van der Waals surface area (Å²) < 4.78 is 10.4. The van der Waals surface area contributed by atoms with E-state index in [1.165, 1.54) is 6.26 Å². The van der Waals surface area contributed by atoms with Crippen molar-refractivity contribution in [3.05, 3.63) is 17.8 Å². The lowest BCUT2D eigenvalue weighted by Gasteiger charge is -2.26. The summed E-state index contributed by atoms with van der Waals surface area (Å²) in [5.74, 6) is 0.320. The average Bonchev–Trinajstić information content (AvgIpc) is 2.89. The quantitative estimate of drug-likeness (QED) is 0.721. The van der Waals surface area contributed by atoms with Crippen LogP contribution in [0.25, 0.3) is 0 Å². The maximum Gasteiger partial charge on any atom is 0.273 e. The molecule has 1 saturated heterocycles. The highest BCUT2D eigenvalue weighted by Crippen LogP contribution is 2.01. The van der Waals surface area contributed by atoms with Gasteiger partial charge in [-0.25, -0.2) is 4.98 Å². The number of nitrogens with zero attached hydrogens (tertiary/aromatic N) is 2. The number of nitrogens with one attached hydrogen (secondary N) is 2. The Labute approximate surface area is 112 Å². The van der Waals surface area contributed by atoms with Crippen LogP contribution in [0.15, 0.2) is 10.7 Å². The lowest BCUT2D eigenvalue weighted by molar-refractivity contribution is 0.0383. The van der Waals surface area contributed by atoms with Gasteiger partial charge in [-0.2, -0.15) is 0 Å². The first-order valence-corrected chi connectivity index (χ1v) is 6.47. The van der Waals surface area contributed by atoms with Crippen molar-refractivity contribution < 1.29 is 13.9 Å². The van der Waals surface area contributed by atoms with Gasteiger partial charge in [-0.05, 0) is 7.05 Å². The molecule has 1 aromatic heterocycles. The first kappa shape index (κ1) is 14.0. The lowest BCUT2D eigenvalue weighted by Crippen LogP contribution is -2.41. The molecule has 0 aliphatic carbocycles. The van der Waals surface area contributed by atoms with Crippen molar-refractivity contribution in [3.63, 3.8) is 0 Å². The Morgan fingerprint density at radius 2 is 2.26 bits per heavy atom. The molecule has 2 rings (SSSR count). The molecular formula is C12H20N4O3. The number of oxazole rings is 1. The van der Waals surface area contributed by atoms with Gasteiger partial charge in [0.25, 0.3) is 5.91 Å². The van der Waals surface area contributed by atoms with Crippen LogP contribution in [0.3, 0.4) is 0 Å². The van der Waals surface area contributed by atoms with Crippen molar-refractivity contribution >= 4 is 5.91 Å². The molecule has 7 heteroatoms. The van der Waals surface area contributed by atoms with Crippen LogP contribution in [0.4, 0.5) is 0 Å². The van der Waals surface area contributed by atoms with Crippen molar-refractivity contribution in [2.75, 3.05) is 46.4 Å². The fraction of sp³-hybridized carbons (Fsp3) is 0.667. The highest BCUT2D eigenvalue weighted by molar-refractivity contribution is 5.91. The second-order valence-electron chi connectivity index (χ2n) is 4.37. The van der Waals surface area contributed by atoms with Gasteiger partial charge in [0.1, 0.15) is 6.26 Å². The number of ether oxygens (including phenoxy) is 1. The summed E-state index contributed by atoms with van der Waals surface area (Å²) in [6.07, 6.45) is 1.39. The molecule has 106 valence electrons. The van der Waals surface area contributed by atoms with Crippen molar-refractivity contribution in [2.45, 2.75) is 6.54 Å². The average molecular weight is 268 g/mol. The van der Waals surface area contributed by atoms with Gasteiger partial charge in [-0.3, -0.25) is 9.69 Å². The van der Waals surface area contributed by atoms with Crippen LogP contribution in [0, 0.1) is 0 Å². The monoisotopic (exact) mass is 268 g/mol. The van der Waals surface area contributed by atoms with E-state index in [-0.39, 0.29) is 5.91 Å². The van der Waals surface area contributed by atoms with Crippen LogP contribution >= 0.6 is 0 Å². The number of hydrogen-bond acceptors (Lipinski definition) is 6. The Balaban J connectivity index is 1.70. The standard InChI is InChI=1S/C12H20N4O3/c1-13-8-11-15-10(9-19-11)12(17)14-2-3-16-4-6-18-7-5-16/h9,13H,2-8H2,1H3,(H,14,17). The number of rotatable bonds is 6. The predicted molar refractivity (Wildman–Crippen MR) is 68.9 cm³/mol. The van der Waals surface area contributed by atoms with E-state index in [4.69, 9.17) is 9.15 Å². The summed E-state index contributed by atoms with van der Waals surface area (Å²) in [7, 11) is 1.80. The molecular weight excluding hydrogens is 248 g/mol. The molecule has 0 unspecified atom stereocenters. The normalized spacial score (nSPS) is 16.5. The molecule has 0 bridgehead atoms. The lowest BCUT2D eigenvalue weighted by atomic mass is 10.4. The van der Waals surface area contributed by atoms with Crippen LogP contribution < -0.4 is 10.6 Å². The summed E-state index contributed by atoms with van der Waals surface area (Å²) >= 11 is 0. The van der Waals surface area contributed by atoms with Crippen LogP contribution in [-0.4, -0.2) is 62.2 Å². The molecule has 0 saturated carbocycles.